The molecule has 0 saturated carbocycles. The molecule has 0 aromatic heterocycles. The second-order valence-corrected chi connectivity index (χ2v) is 7.43. The quantitative estimate of drug-likeness (QED) is 0.728. The van der Waals surface area contributed by atoms with Crippen LogP contribution in [0.2, 0.25) is 0 Å². The third-order valence-electron chi connectivity index (χ3n) is 4.12. The Bertz CT molecular complexity index is 415. The molecule has 21 heavy (non-hydrogen) atoms. The number of ether oxygens (including phenoxy) is 1. The Balaban J connectivity index is 1.91. The summed E-state index contributed by atoms with van der Waals surface area (Å²) < 4.78 is 6.95. The van der Waals surface area contributed by atoms with E-state index in [1.54, 1.807) is 0 Å². The standard InChI is InChI=1S/C18H28BrNO/c1-14(2)12-20-13-16(8-9-18-7-4-10-21-18)15-5-3-6-17(19)11-15/h3,5-6,11,14,16,18,20H,4,7-10,12-13H2,1-2H3. The molecule has 2 nitrogen and oxygen atoms in total. The number of hydrogen-bond acceptors (Lipinski definition) is 2. The SMILES string of the molecule is CC(C)CNCC(CCC1CCCO1)c1cccc(Br)c1. The maximum atomic E-state index is 5.78. The van der Waals surface area contributed by atoms with Crippen molar-refractivity contribution < 1.29 is 4.74 Å². The zero-order valence-corrected chi connectivity index (χ0v) is 14.9. The highest BCUT2D eigenvalue weighted by atomic mass is 79.9. The molecule has 1 saturated heterocycles. The zero-order chi connectivity index (χ0) is 15.1. The van der Waals surface area contributed by atoms with Crippen molar-refractivity contribution in [3.8, 4) is 0 Å². The number of rotatable bonds is 8. The highest BCUT2D eigenvalue weighted by Crippen LogP contribution is 2.27. The number of halogens is 1. The molecule has 0 spiro atoms. The Hall–Kier alpha value is -0.380. The van der Waals surface area contributed by atoms with E-state index in [4.69, 9.17) is 4.74 Å². The number of nitrogens with one attached hydrogen (secondary N) is 1. The van der Waals surface area contributed by atoms with Crippen LogP contribution in [0.5, 0.6) is 0 Å². The molecule has 0 amide bonds. The average molecular weight is 354 g/mol. The first-order chi connectivity index (χ1) is 10.1. The van der Waals surface area contributed by atoms with Crippen LogP contribution in [-0.4, -0.2) is 25.8 Å². The smallest absolute Gasteiger partial charge is 0.0576 e. The normalized spacial score (nSPS) is 20.1. The maximum absolute atomic E-state index is 5.78. The van der Waals surface area contributed by atoms with E-state index in [-0.39, 0.29) is 0 Å². The predicted octanol–water partition coefficient (Wildman–Crippen LogP) is 4.74. The molecular weight excluding hydrogens is 326 g/mol. The molecule has 0 aliphatic carbocycles. The van der Waals surface area contributed by atoms with Gasteiger partial charge in [0, 0.05) is 17.6 Å². The van der Waals surface area contributed by atoms with Gasteiger partial charge >= 0.3 is 0 Å². The third-order valence-corrected chi connectivity index (χ3v) is 4.62. The molecule has 1 fully saturated rings. The molecule has 2 unspecified atom stereocenters. The van der Waals surface area contributed by atoms with Crippen LogP contribution in [-0.2, 0) is 4.74 Å². The third kappa shape index (κ3) is 6.09. The fourth-order valence-electron chi connectivity index (χ4n) is 2.95. The lowest BCUT2D eigenvalue weighted by molar-refractivity contribution is 0.100. The molecule has 1 aliphatic heterocycles. The summed E-state index contributed by atoms with van der Waals surface area (Å²) in [5.41, 5.74) is 1.43. The van der Waals surface area contributed by atoms with E-state index in [0.717, 1.165) is 19.7 Å². The average Bonchev–Trinajstić information content (AvgIpc) is 2.95. The highest BCUT2D eigenvalue weighted by Gasteiger charge is 2.19. The Labute approximate surface area is 137 Å². The van der Waals surface area contributed by atoms with Gasteiger partial charge in [-0.25, -0.2) is 0 Å². The van der Waals surface area contributed by atoms with Gasteiger partial charge in [0.05, 0.1) is 6.10 Å². The van der Waals surface area contributed by atoms with Gasteiger partial charge in [-0.1, -0.05) is 41.9 Å². The van der Waals surface area contributed by atoms with Gasteiger partial charge in [0.25, 0.3) is 0 Å². The van der Waals surface area contributed by atoms with E-state index in [1.165, 1.54) is 35.7 Å². The van der Waals surface area contributed by atoms with Crippen LogP contribution in [0.15, 0.2) is 28.7 Å². The largest absolute Gasteiger partial charge is 0.378 e. The lowest BCUT2D eigenvalue weighted by Crippen LogP contribution is -2.26. The summed E-state index contributed by atoms with van der Waals surface area (Å²) in [5, 5.41) is 3.62. The summed E-state index contributed by atoms with van der Waals surface area (Å²) in [7, 11) is 0. The van der Waals surface area contributed by atoms with Crippen molar-refractivity contribution in [2.75, 3.05) is 19.7 Å². The van der Waals surface area contributed by atoms with Crippen molar-refractivity contribution in [2.45, 2.75) is 51.6 Å². The van der Waals surface area contributed by atoms with E-state index >= 15 is 0 Å². The molecule has 1 aromatic carbocycles. The molecule has 1 heterocycles. The van der Waals surface area contributed by atoms with Crippen LogP contribution in [0.25, 0.3) is 0 Å². The second-order valence-electron chi connectivity index (χ2n) is 6.52. The Morgan fingerprint density at radius 2 is 2.19 bits per heavy atom. The summed E-state index contributed by atoms with van der Waals surface area (Å²) in [6.45, 7) is 7.62. The van der Waals surface area contributed by atoms with E-state index in [9.17, 15) is 0 Å². The van der Waals surface area contributed by atoms with Gasteiger partial charge < -0.3 is 10.1 Å². The molecule has 118 valence electrons. The van der Waals surface area contributed by atoms with Crippen molar-refractivity contribution >= 4 is 15.9 Å². The fraction of sp³-hybridized carbons (Fsp3) is 0.667. The van der Waals surface area contributed by atoms with Crippen LogP contribution in [0.1, 0.15) is 51.0 Å². The lowest BCUT2D eigenvalue weighted by Gasteiger charge is -2.21. The summed E-state index contributed by atoms with van der Waals surface area (Å²) in [6, 6.07) is 8.75. The van der Waals surface area contributed by atoms with Crippen LogP contribution < -0.4 is 5.32 Å². The minimum Gasteiger partial charge on any atom is -0.378 e. The Morgan fingerprint density at radius 1 is 1.33 bits per heavy atom. The molecule has 1 N–H and O–H groups in total. The molecule has 1 aromatic rings. The Morgan fingerprint density at radius 3 is 2.86 bits per heavy atom. The summed E-state index contributed by atoms with van der Waals surface area (Å²) in [4.78, 5) is 0. The topological polar surface area (TPSA) is 21.3 Å². The highest BCUT2D eigenvalue weighted by molar-refractivity contribution is 9.10. The minimum atomic E-state index is 0.491. The second kappa shape index (κ2) is 8.92. The molecule has 0 radical (unpaired) electrons. The molecule has 0 bridgehead atoms. The van der Waals surface area contributed by atoms with Gasteiger partial charge in [0.2, 0.25) is 0 Å². The van der Waals surface area contributed by atoms with Gasteiger partial charge in [-0.2, -0.15) is 0 Å². The van der Waals surface area contributed by atoms with Crippen LogP contribution >= 0.6 is 15.9 Å². The molecule has 1 aliphatic rings. The van der Waals surface area contributed by atoms with Gasteiger partial charge in [-0.05, 0) is 61.8 Å². The van der Waals surface area contributed by atoms with Gasteiger partial charge in [0.1, 0.15) is 0 Å². The summed E-state index contributed by atoms with van der Waals surface area (Å²) in [6.07, 6.45) is 5.35. The van der Waals surface area contributed by atoms with Crippen molar-refractivity contribution in [3.63, 3.8) is 0 Å². The van der Waals surface area contributed by atoms with E-state index in [0.29, 0.717) is 17.9 Å². The first-order valence-corrected chi connectivity index (χ1v) is 9.02. The summed E-state index contributed by atoms with van der Waals surface area (Å²) in [5.74, 6) is 1.27. The molecule has 2 atom stereocenters. The van der Waals surface area contributed by atoms with Crippen LogP contribution in [0.3, 0.4) is 0 Å². The van der Waals surface area contributed by atoms with E-state index in [1.807, 2.05) is 0 Å². The van der Waals surface area contributed by atoms with Crippen molar-refractivity contribution in [2.24, 2.45) is 5.92 Å². The van der Waals surface area contributed by atoms with Gasteiger partial charge in [0.15, 0.2) is 0 Å². The minimum absolute atomic E-state index is 0.491. The monoisotopic (exact) mass is 353 g/mol. The fourth-order valence-corrected chi connectivity index (χ4v) is 3.37. The van der Waals surface area contributed by atoms with E-state index < -0.39 is 0 Å². The Kier molecular flexibility index (Phi) is 7.21. The first kappa shape index (κ1) is 17.0. The van der Waals surface area contributed by atoms with Gasteiger partial charge in [-0.15, -0.1) is 0 Å². The first-order valence-electron chi connectivity index (χ1n) is 8.23. The molecule has 3 heteroatoms. The lowest BCUT2D eigenvalue weighted by atomic mass is 9.92. The van der Waals surface area contributed by atoms with Crippen molar-refractivity contribution in [3.05, 3.63) is 34.3 Å². The number of benzene rings is 1. The van der Waals surface area contributed by atoms with Crippen LogP contribution in [0, 0.1) is 5.92 Å². The summed E-state index contributed by atoms with van der Waals surface area (Å²) >= 11 is 3.59. The van der Waals surface area contributed by atoms with Crippen LogP contribution in [0.4, 0.5) is 0 Å². The molecule has 2 rings (SSSR count). The molecular formula is C18H28BrNO. The van der Waals surface area contributed by atoms with E-state index in [2.05, 4.69) is 59.4 Å². The predicted molar refractivity (Wildman–Crippen MR) is 92.8 cm³/mol. The van der Waals surface area contributed by atoms with Gasteiger partial charge in [-0.3, -0.25) is 0 Å². The maximum Gasteiger partial charge on any atom is 0.0576 e. The zero-order valence-electron chi connectivity index (χ0n) is 13.3. The van der Waals surface area contributed by atoms with Crippen molar-refractivity contribution in [1.29, 1.82) is 0 Å². The van der Waals surface area contributed by atoms with Crippen molar-refractivity contribution in [1.82, 2.24) is 5.32 Å². The number of hydrogen-bond donors (Lipinski definition) is 1.